The molecule has 0 aliphatic carbocycles. The van der Waals surface area contributed by atoms with Crippen LogP contribution in [0.4, 0.5) is 5.69 Å². The lowest BCUT2D eigenvalue weighted by Crippen LogP contribution is -2.39. The molecule has 1 amide bonds. The van der Waals surface area contributed by atoms with Crippen LogP contribution in [0.25, 0.3) is 0 Å². The van der Waals surface area contributed by atoms with Crippen LogP contribution in [0.1, 0.15) is 16.7 Å². The van der Waals surface area contributed by atoms with Gasteiger partial charge in [0.05, 0.1) is 21.8 Å². The number of nitrogens with one attached hydrogen (secondary N) is 1. The molecule has 0 aromatic heterocycles. The average molecular weight is 617 g/mol. The summed E-state index contributed by atoms with van der Waals surface area (Å²) in [4.78, 5) is 12.8. The normalized spacial score (nSPS) is 11.4. The van der Waals surface area contributed by atoms with Crippen LogP contribution in [-0.4, -0.2) is 27.1 Å². The molecular weight excluding hydrogens is 593 g/mol. The number of aryl methyl sites for hydroxylation is 1. The number of carbonyl (C=O) groups excluding carboxylic acids is 1. The van der Waals surface area contributed by atoms with Crippen molar-refractivity contribution in [2.75, 3.05) is 10.8 Å². The summed E-state index contributed by atoms with van der Waals surface area (Å²) < 4.78 is 33.7. The number of benzene rings is 4. The second kappa shape index (κ2) is 13.2. The molecule has 0 unspecified atom stereocenters. The van der Waals surface area contributed by atoms with Gasteiger partial charge < -0.3 is 4.74 Å². The van der Waals surface area contributed by atoms with E-state index >= 15 is 0 Å². The summed E-state index contributed by atoms with van der Waals surface area (Å²) in [5, 5.41) is 5.04. The van der Waals surface area contributed by atoms with Crippen LogP contribution in [0.3, 0.4) is 0 Å². The predicted molar refractivity (Wildman–Crippen MR) is 160 cm³/mol. The molecular formula is C29H24Cl3N3O4S. The van der Waals surface area contributed by atoms with Gasteiger partial charge in [0.2, 0.25) is 0 Å². The smallest absolute Gasteiger partial charge is 0.264 e. The topological polar surface area (TPSA) is 88.1 Å². The molecule has 1 N–H and O–H groups in total. The molecule has 0 radical (unpaired) electrons. The molecule has 0 atom stereocenters. The van der Waals surface area contributed by atoms with Crippen molar-refractivity contribution in [3.8, 4) is 5.75 Å². The van der Waals surface area contributed by atoms with Crippen molar-refractivity contribution in [2.24, 2.45) is 5.10 Å². The van der Waals surface area contributed by atoms with E-state index in [1.165, 1.54) is 36.5 Å². The van der Waals surface area contributed by atoms with E-state index in [2.05, 4.69) is 10.5 Å². The summed E-state index contributed by atoms with van der Waals surface area (Å²) >= 11 is 18.2. The highest BCUT2D eigenvalue weighted by Gasteiger charge is 2.28. The number of anilines is 1. The fourth-order valence-electron chi connectivity index (χ4n) is 3.56. The van der Waals surface area contributed by atoms with Gasteiger partial charge in [-0.2, -0.15) is 5.10 Å². The summed E-state index contributed by atoms with van der Waals surface area (Å²) in [7, 11) is -4.14. The number of sulfonamides is 1. The number of hydrazone groups is 1. The van der Waals surface area contributed by atoms with E-state index in [0.29, 0.717) is 28.0 Å². The minimum atomic E-state index is -4.14. The summed E-state index contributed by atoms with van der Waals surface area (Å²) in [6.45, 7) is 1.67. The van der Waals surface area contributed by atoms with Gasteiger partial charge in [0, 0.05) is 10.0 Å². The Kier molecular flexibility index (Phi) is 9.71. The number of ether oxygens (including phenoxy) is 1. The molecule has 0 heterocycles. The molecule has 0 saturated heterocycles. The van der Waals surface area contributed by atoms with Gasteiger partial charge in [0.1, 0.15) is 18.9 Å². The van der Waals surface area contributed by atoms with E-state index in [4.69, 9.17) is 39.5 Å². The molecule has 0 saturated carbocycles. The van der Waals surface area contributed by atoms with Crippen molar-refractivity contribution in [1.82, 2.24) is 5.43 Å². The number of hydrogen-bond donors (Lipinski definition) is 1. The van der Waals surface area contributed by atoms with E-state index < -0.39 is 22.5 Å². The van der Waals surface area contributed by atoms with Gasteiger partial charge in [-0.05, 0) is 84.8 Å². The Balaban J connectivity index is 1.42. The third-order valence-corrected chi connectivity index (χ3v) is 8.24. The molecule has 0 aliphatic heterocycles. The van der Waals surface area contributed by atoms with Crippen molar-refractivity contribution >= 4 is 62.6 Å². The maximum Gasteiger partial charge on any atom is 0.264 e. The standard InChI is InChI=1S/C29H24Cl3N3O4S/c1-20-2-13-26(14-3-20)40(37,38)35(28-15-10-24(31)16-27(28)32)18-29(36)34-33-17-21-6-11-25(12-7-21)39-19-22-4-8-23(30)9-5-22/h2-17H,18-19H2,1H3,(H,34,36). The monoisotopic (exact) mass is 615 g/mol. The number of nitrogens with zero attached hydrogens (tertiary/aromatic N) is 2. The molecule has 4 aromatic carbocycles. The van der Waals surface area contributed by atoms with E-state index in [1.807, 2.05) is 19.1 Å². The zero-order chi connectivity index (χ0) is 28.7. The second-order valence-electron chi connectivity index (χ2n) is 8.70. The van der Waals surface area contributed by atoms with Gasteiger partial charge >= 0.3 is 0 Å². The van der Waals surface area contributed by atoms with E-state index in [1.54, 1.807) is 48.5 Å². The maximum atomic E-state index is 13.5. The SMILES string of the molecule is Cc1ccc(S(=O)(=O)N(CC(=O)NN=Cc2ccc(OCc3ccc(Cl)cc3)cc2)c2ccc(Cl)cc2Cl)cc1. The Labute approximate surface area is 248 Å². The first-order valence-corrected chi connectivity index (χ1v) is 14.5. The largest absolute Gasteiger partial charge is 0.489 e. The average Bonchev–Trinajstić information content (AvgIpc) is 2.93. The summed E-state index contributed by atoms with van der Waals surface area (Å²) in [5.41, 5.74) is 5.06. The number of carbonyl (C=O) groups is 1. The summed E-state index contributed by atoms with van der Waals surface area (Å²) in [5.74, 6) is -0.00574. The highest BCUT2D eigenvalue weighted by atomic mass is 35.5. The van der Waals surface area contributed by atoms with Gasteiger partial charge in [-0.15, -0.1) is 0 Å². The van der Waals surface area contributed by atoms with Crippen LogP contribution in [0.2, 0.25) is 15.1 Å². The lowest BCUT2D eigenvalue weighted by atomic mass is 10.2. The van der Waals surface area contributed by atoms with Gasteiger partial charge in [0.25, 0.3) is 15.9 Å². The molecule has 11 heteroatoms. The van der Waals surface area contributed by atoms with E-state index in [0.717, 1.165) is 15.4 Å². The van der Waals surface area contributed by atoms with Crippen LogP contribution in [0, 0.1) is 6.92 Å². The first kappa shape index (κ1) is 29.4. The van der Waals surface area contributed by atoms with Crippen molar-refractivity contribution in [3.05, 3.63) is 123 Å². The zero-order valence-corrected chi connectivity index (χ0v) is 24.3. The Morgan fingerprint density at radius 3 is 2.20 bits per heavy atom. The summed E-state index contributed by atoms with van der Waals surface area (Å²) in [6, 6.07) is 25.1. The highest BCUT2D eigenvalue weighted by molar-refractivity contribution is 7.92. The molecule has 4 aromatic rings. The lowest BCUT2D eigenvalue weighted by Gasteiger charge is -2.24. The van der Waals surface area contributed by atoms with Crippen LogP contribution in [0.5, 0.6) is 5.75 Å². The molecule has 206 valence electrons. The van der Waals surface area contributed by atoms with Crippen LogP contribution in [0.15, 0.2) is 101 Å². The van der Waals surface area contributed by atoms with Crippen LogP contribution >= 0.6 is 34.8 Å². The fourth-order valence-corrected chi connectivity index (χ4v) is 5.69. The highest BCUT2D eigenvalue weighted by Crippen LogP contribution is 2.32. The van der Waals surface area contributed by atoms with Crippen LogP contribution < -0.4 is 14.5 Å². The molecule has 0 aliphatic rings. The quantitative estimate of drug-likeness (QED) is 0.155. The van der Waals surface area contributed by atoms with Gasteiger partial charge in [-0.1, -0.05) is 64.6 Å². The van der Waals surface area contributed by atoms with Crippen molar-refractivity contribution in [3.63, 3.8) is 0 Å². The first-order chi connectivity index (χ1) is 19.1. The summed E-state index contributed by atoms with van der Waals surface area (Å²) in [6.07, 6.45) is 1.44. The third kappa shape index (κ3) is 7.76. The maximum absolute atomic E-state index is 13.5. The molecule has 0 bridgehead atoms. The number of hydrogen-bond acceptors (Lipinski definition) is 5. The molecule has 40 heavy (non-hydrogen) atoms. The van der Waals surface area contributed by atoms with Crippen LogP contribution in [-0.2, 0) is 21.4 Å². The molecule has 4 rings (SSSR count). The van der Waals surface area contributed by atoms with Crippen molar-refractivity contribution in [2.45, 2.75) is 18.4 Å². The third-order valence-electron chi connectivity index (χ3n) is 5.68. The molecule has 0 spiro atoms. The minimum Gasteiger partial charge on any atom is -0.489 e. The van der Waals surface area contributed by atoms with Gasteiger partial charge in [0.15, 0.2) is 0 Å². The second-order valence-corrected chi connectivity index (χ2v) is 11.8. The Morgan fingerprint density at radius 2 is 1.55 bits per heavy atom. The lowest BCUT2D eigenvalue weighted by molar-refractivity contribution is -0.119. The Bertz CT molecular complexity index is 1610. The number of amides is 1. The first-order valence-electron chi connectivity index (χ1n) is 12.0. The van der Waals surface area contributed by atoms with Gasteiger partial charge in [-0.25, -0.2) is 13.8 Å². The molecule has 7 nitrogen and oxygen atoms in total. The Hall–Kier alpha value is -3.56. The predicted octanol–water partition coefficient (Wildman–Crippen LogP) is 6.88. The Morgan fingerprint density at radius 1 is 0.900 bits per heavy atom. The number of halogens is 3. The van der Waals surface area contributed by atoms with Gasteiger partial charge in [-0.3, -0.25) is 9.10 Å². The van der Waals surface area contributed by atoms with Crippen molar-refractivity contribution in [1.29, 1.82) is 0 Å². The minimum absolute atomic E-state index is 0.0128. The number of rotatable bonds is 10. The zero-order valence-electron chi connectivity index (χ0n) is 21.2. The van der Waals surface area contributed by atoms with E-state index in [9.17, 15) is 13.2 Å². The van der Waals surface area contributed by atoms with E-state index in [-0.39, 0.29) is 15.6 Å². The molecule has 0 fully saturated rings. The fraction of sp³-hybridized carbons (Fsp3) is 0.103. The van der Waals surface area contributed by atoms with Crippen molar-refractivity contribution < 1.29 is 17.9 Å².